The van der Waals surface area contributed by atoms with Gasteiger partial charge >= 0.3 is 0 Å². The van der Waals surface area contributed by atoms with Gasteiger partial charge in [-0.25, -0.2) is 4.98 Å². The van der Waals surface area contributed by atoms with Crippen LogP contribution in [-0.4, -0.2) is 45.5 Å². The largest absolute Gasteiger partial charge is 0.497 e. The summed E-state index contributed by atoms with van der Waals surface area (Å²) in [6, 6.07) is 11.8. The Balaban J connectivity index is 1.36. The molecule has 2 aliphatic heterocycles. The number of pyridine rings is 1. The number of benzene rings is 1. The van der Waals surface area contributed by atoms with Crippen LogP contribution in [0.15, 0.2) is 55.0 Å². The van der Waals surface area contributed by atoms with Crippen LogP contribution in [-0.2, 0) is 12.0 Å². The minimum absolute atomic E-state index is 0.0723. The lowest BCUT2D eigenvalue weighted by Crippen LogP contribution is -2.44. The summed E-state index contributed by atoms with van der Waals surface area (Å²) in [7, 11) is 1.69. The Hall–Kier alpha value is -3.15. The quantitative estimate of drug-likeness (QED) is 0.689. The highest BCUT2D eigenvalue weighted by molar-refractivity contribution is 5.93. The third kappa shape index (κ3) is 2.99. The average Bonchev–Trinajstić information content (AvgIpc) is 3.36. The zero-order chi connectivity index (χ0) is 19.8. The van der Waals surface area contributed by atoms with Crippen molar-refractivity contribution in [2.75, 3.05) is 20.2 Å². The predicted molar refractivity (Wildman–Crippen MR) is 110 cm³/mol. The number of amides is 1. The average molecular weight is 388 g/mol. The van der Waals surface area contributed by atoms with Crippen LogP contribution in [0.2, 0.25) is 0 Å². The maximum Gasteiger partial charge on any atom is 0.255 e. The van der Waals surface area contributed by atoms with Crippen molar-refractivity contribution < 1.29 is 9.53 Å². The van der Waals surface area contributed by atoms with E-state index in [4.69, 9.17) is 9.72 Å². The van der Waals surface area contributed by atoms with Crippen molar-refractivity contribution in [3.63, 3.8) is 0 Å². The zero-order valence-corrected chi connectivity index (χ0v) is 16.5. The summed E-state index contributed by atoms with van der Waals surface area (Å²) in [5, 5.41) is 0. The van der Waals surface area contributed by atoms with E-state index in [9.17, 15) is 4.79 Å². The van der Waals surface area contributed by atoms with Crippen molar-refractivity contribution in [3.8, 4) is 17.0 Å². The van der Waals surface area contributed by atoms with Gasteiger partial charge in [-0.3, -0.25) is 9.78 Å². The molecule has 4 heterocycles. The van der Waals surface area contributed by atoms with E-state index in [0.717, 1.165) is 55.9 Å². The minimum Gasteiger partial charge on any atom is -0.497 e. The lowest BCUT2D eigenvalue weighted by Gasteiger charge is -2.38. The first-order valence-corrected chi connectivity index (χ1v) is 10.1. The van der Waals surface area contributed by atoms with Gasteiger partial charge in [-0.15, -0.1) is 0 Å². The fourth-order valence-electron chi connectivity index (χ4n) is 4.76. The standard InChI is InChI=1S/C23H24N4O2/c1-29-19-6-2-4-17(14-19)20-16-25-22-23(9-13-27(20)22)7-11-26(12-8-23)21(28)18-5-3-10-24-15-18/h2-6,10,14-16H,7-9,11-13H2,1H3. The molecular weight excluding hydrogens is 364 g/mol. The maximum absolute atomic E-state index is 12.8. The van der Waals surface area contributed by atoms with Gasteiger partial charge in [0.15, 0.2) is 0 Å². The number of carbonyl (C=O) groups is 1. The number of fused-ring (bicyclic) bond motifs is 2. The highest BCUT2D eigenvalue weighted by Gasteiger charge is 2.44. The Morgan fingerprint density at radius 3 is 2.66 bits per heavy atom. The molecule has 29 heavy (non-hydrogen) atoms. The predicted octanol–water partition coefficient (Wildman–Crippen LogP) is 3.53. The second-order valence-corrected chi connectivity index (χ2v) is 7.91. The Morgan fingerprint density at radius 2 is 1.90 bits per heavy atom. The van der Waals surface area contributed by atoms with Gasteiger partial charge < -0.3 is 14.2 Å². The molecule has 0 bridgehead atoms. The van der Waals surface area contributed by atoms with Gasteiger partial charge in [0.05, 0.1) is 24.6 Å². The van der Waals surface area contributed by atoms with E-state index in [2.05, 4.69) is 21.7 Å². The second kappa shape index (κ2) is 7.03. The van der Waals surface area contributed by atoms with Crippen LogP contribution in [0.4, 0.5) is 0 Å². The molecule has 1 saturated heterocycles. The fourth-order valence-corrected chi connectivity index (χ4v) is 4.76. The topological polar surface area (TPSA) is 60.2 Å². The van der Waals surface area contributed by atoms with Gasteiger partial charge in [-0.1, -0.05) is 12.1 Å². The molecule has 2 aromatic heterocycles. The molecule has 0 unspecified atom stereocenters. The van der Waals surface area contributed by atoms with Gasteiger partial charge in [-0.05, 0) is 43.5 Å². The number of likely N-dealkylation sites (tertiary alicyclic amines) is 1. The summed E-state index contributed by atoms with van der Waals surface area (Å²) >= 11 is 0. The summed E-state index contributed by atoms with van der Waals surface area (Å²) in [6.45, 7) is 2.49. The van der Waals surface area contributed by atoms with Gasteiger partial charge in [-0.2, -0.15) is 0 Å². The van der Waals surface area contributed by atoms with Gasteiger partial charge in [0.1, 0.15) is 11.6 Å². The number of imidazole rings is 1. The summed E-state index contributed by atoms with van der Waals surface area (Å²) < 4.78 is 7.74. The number of nitrogens with zero attached hydrogens (tertiary/aromatic N) is 4. The van der Waals surface area contributed by atoms with Crippen molar-refractivity contribution in [1.82, 2.24) is 19.4 Å². The number of aromatic nitrogens is 3. The summed E-state index contributed by atoms with van der Waals surface area (Å²) in [5.74, 6) is 2.10. The number of methoxy groups -OCH3 is 1. The number of hydrogen-bond donors (Lipinski definition) is 0. The Kier molecular flexibility index (Phi) is 4.34. The fraction of sp³-hybridized carbons (Fsp3) is 0.348. The second-order valence-electron chi connectivity index (χ2n) is 7.91. The van der Waals surface area contributed by atoms with Crippen LogP contribution in [0.25, 0.3) is 11.3 Å². The summed E-state index contributed by atoms with van der Waals surface area (Å²) in [6.07, 6.45) is 8.32. The van der Waals surface area contributed by atoms with Crippen molar-refractivity contribution in [1.29, 1.82) is 0 Å². The van der Waals surface area contributed by atoms with E-state index in [0.29, 0.717) is 5.56 Å². The molecule has 1 spiro atoms. The number of piperidine rings is 1. The first-order chi connectivity index (χ1) is 14.2. The maximum atomic E-state index is 12.8. The smallest absolute Gasteiger partial charge is 0.255 e. The molecule has 0 radical (unpaired) electrons. The van der Waals surface area contributed by atoms with E-state index >= 15 is 0 Å². The van der Waals surface area contributed by atoms with Gasteiger partial charge in [0, 0.05) is 43.0 Å². The third-order valence-electron chi connectivity index (χ3n) is 6.43. The molecule has 148 valence electrons. The van der Waals surface area contributed by atoms with E-state index in [-0.39, 0.29) is 11.3 Å². The van der Waals surface area contributed by atoms with Crippen LogP contribution >= 0.6 is 0 Å². The number of ether oxygens (including phenoxy) is 1. The van der Waals surface area contributed by atoms with Gasteiger partial charge in [0.2, 0.25) is 0 Å². The molecule has 5 rings (SSSR count). The lowest BCUT2D eigenvalue weighted by molar-refractivity contribution is 0.0663. The first kappa shape index (κ1) is 17.9. The first-order valence-electron chi connectivity index (χ1n) is 10.1. The van der Waals surface area contributed by atoms with Crippen molar-refractivity contribution in [2.24, 2.45) is 0 Å². The van der Waals surface area contributed by atoms with Crippen LogP contribution in [0.3, 0.4) is 0 Å². The molecule has 6 heteroatoms. The van der Waals surface area contributed by atoms with Crippen LogP contribution in [0.1, 0.15) is 35.4 Å². The van der Waals surface area contributed by atoms with E-state index < -0.39 is 0 Å². The van der Waals surface area contributed by atoms with E-state index in [1.54, 1.807) is 19.5 Å². The van der Waals surface area contributed by atoms with E-state index in [1.807, 2.05) is 35.4 Å². The SMILES string of the molecule is COc1cccc(-c2cnc3n2CCC32CCN(C(=O)c3cccnc3)CC2)c1. The molecule has 3 aromatic rings. The molecule has 1 amide bonds. The highest BCUT2D eigenvalue weighted by Crippen LogP contribution is 2.45. The Labute approximate surface area is 170 Å². The lowest BCUT2D eigenvalue weighted by atomic mass is 9.76. The summed E-state index contributed by atoms with van der Waals surface area (Å²) in [4.78, 5) is 23.6. The molecule has 0 atom stereocenters. The molecule has 0 saturated carbocycles. The Morgan fingerprint density at radius 1 is 1.07 bits per heavy atom. The van der Waals surface area contributed by atoms with Crippen LogP contribution < -0.4 is 4.74 Å². The minimum atomic E-state index is 0.0723. The monoisotopic (exact) mass is 388 g/mol. The molecular formula is C23H24N4O2. The van der Waals surface area contributed by atoms with Crippen LogP contribution in [0.5, 0.6) is 5.75 Å². The molecule has 0 N–H and O–H groups in total. The molecule has 0 aliphatic carbocycles. The van der Waals surface area contributed by atoms with Crippen molar-refractivity contribution >= 4 is 5.91 Å². The molecule has 1 aromatic carbocycles. The zero-order valence-electron chi connectivity index (χ0n) is 16.5. The third-order valence-corrected chi connectivity index (χ3v) is 6.43. The number of carbonyl (C=O) groups excluding carboxylic acids is 1. The molecule has 1 fully saturated rings. The number of hydrogen-bond acceptors (Lipinski definition) is 4. The molecule has 2 aliphatic rings. The van der Waals surface area contributed by atoms with E-state index in [1.165, 1.54) is 5.82 Å². The normalized spacial score (nSPS) is 17.3. The summed E-state index contributed by atoms with van der Waals surface area (Å²) in [5.41, 5.74) is 3.01. The van der Waals surface area contributed by atoms with Crippen molar-refractivity contribution in [3.05, 3.63) is 66.4 Å². The molecule has 6 nitrogen and oxygen atoms in total. The van der Waals surface area contributed by atoms with Gasteiger partial charge in [0.25, 0.3) is 5.91 Å². The van der Waals surface area contributed by atoms with Crippen LogP contribution in [0, 0.1) is 0 Å². The number of rotatable bonds is 3. The highest BCUT2D eigenvalue weighted by atomic mass is 16.5. The Bertz CT molecular complexity index is 1040. The van der Waals surface area contributed by atoms with Crippen molar-refractivity contribution in [2.45, 2.75) is 31.2 Å².